The standard InChI is InChI=1S/C21H29FN2O3/c22-15-4-1-3-14(11-15)13-7-9-16(10-8-13)27-12-19-20(23)17-5-2-6-18(17)24(19)21(25)26/h1,3-4,11,13,16-20H,2,5-10,12,23H2,(H,25,26)/t13?,16?,17-,18+,19-,20-/m0/s1. The molecule has 0 spiro atoms. The zero-order valence-electron chi connectivity index (χ0n) is 15.6. The fourth-order valence-corrected chi connectivity index (χ4v) is 5.51. The van der Waals surface area contributed by atoms with Gasteiger partial charge in [-0.25, -0.2) is 9.18 Å². The smallest absolute Gasteiger partial charge is 0.407 e. The zero-order valence-corrected chi connectivity index (χ0v) is 15.6. The number of hydrogen-bond acceptors (Lipinski definition) is 3. The van der Waals surface area contributed by atoms with E-state index in [1.165, 1.54) is 6.07 Å². The summed E-state index contributed by atoms with van der Waals surface area (Å²) >= 11 is 0. The van der Waals surface area contributed by atoms with Crippen molar-refractivity contribution in [3.63, 3.8) is 0 Å². The van der Waals surface area contributed by atoms with Crippen molar-refractivity contribution in [2.45, 2.75) is 75.1 Å². The largest absolute Gasteiger partial charge is 0.465 e. The summed E-state index contributed by atoms with van der Waals surface area (Å²) in [6.07, 6.45) is 6.04. The van der Waals surface area contributed by atoms with Crippen LogP contribution in [0.1, 0.15) is 56.4 Å². The van der Waals surface area contributed by atoms with Crippen LogP contribution in [0.25, 0.3) is 0 Å². The first-order chi connectivity index (χ1) is 13.0. The molecule has 4 atom stereocenters. The van der Waals surface area contributed by atoms with Gasteiger partial charge in [0.15, 0.2) is 0 Å². The van der Waals surface area contributed by atoms with Gasteiger partial charge in [0.05, 0.1) is 18.8 Å². The molecule has 1 aromatic carbocycles. The molecule has 3 aliphatic rings. The Balaban J connectivity index is 1.31. The second-order valence-corrected chi connectivity index (χ2v) is 8.36. The second kappa shape index (κ2) is 7.76. The monoisotopic (exact) mass is 376 g/mol. The van der Waals surface area contributed by atoms with E-state index < -0.39 is 6.09 Å². The first kappa shape index (κ1) is 18.7. The normalized spacial score (nSPS) is 36.0. The second-order valence-electron chi connectivity index (χ2n) is 8.36. The molecule has 5 nitrogen and oxygen atoms in total. The van der Waals surface area contributed by atoms with E-state index >= 15 is 0 Å². The van der Waals surface area contributed by atoms with Crippen LogP contribution in [0, 0.1) is 11.7 Å². The molecule has 0 bridgehead atoms. The molecule has 0 radical (unpaired) electrons. The zero-order chi connectivity index (χ0) is 19.0. The number of rotatable bonds is 4. The fourth-order valence-electron chi connectivity index (χ4n) is 5.51. The van der Waals surface area contributed by atoms with Gasteiger partial charge in [0.1, 0.15) is 5.82 Å². The molecule has 1 saturated heterocycles. The van der Waals surface area contributed by atoms with E-state index in [0.29, 0.717) is 12.5 Å². The lowest BCUT2D eigenvalue weighted by Crippen LogP contribution is -2.48. The van der Waals surface area contributed by atoms with Gasteiger partial charge in [-0.1, -0.05) is 18.6 Å². The Morgan fingerprint density at radius 3 is 2.70 bits per heavy atom. The van der Waals surface area contributed by atoms with Crippen LogP contribution in [-0.4, -0.2) is 46.9 Å². The lowest BCUT2D eigenvalue weighted by molar-refractivity contribution is -0.00741. The van der Waals surface area contributed by atoms with Crippen molar-refractivity contribution < 1.29 is 19.0 Å². The van der Waals surface area contributed by atoms with Crippen LogP contribution in [0.15, 0.2) is 24.3 Å². The molecule has 2 aliphatic carbocycles. The third-order valence-corrected chi connectivity index (χ3v) is 6.90. The number of carbonyl (C=O) groups is 1. The highest BCUT2D eigenvalue weighted by atomic mass is 19.1. The highest BCUT2D eigenvalue weighted by Crippen LogP contribution is 2.41. The van der Waals surface area contributed by atoms with Gasteiger partial charge in [-0.05, 0) is 68.1 Å². The first-order valence-electron chi connectivity index (χ1n) is 10.2. The molecule has 148 valence electrons. The van der Waals surface area contributed by atoms with E-state index in [1.807, 2.05) is 6.07 Å². The van der Waals surface area contributed by atoms with Crippen LogP contribution in [0.5, 0.6) is 0 Å². The third kappa shape index (κ3) is 3.69. The van der Waals surface area contributed by atoms with Crippen LogP contribution in [0.3, 0.4) is 0 Å². The Morgan fingerprint density at radius 2 is 2.00 bits per heavy atom. The summed E-state index contributed by atoms with van der Waals surface area (Å²) in [5, 5.41) is 9.65. The average Bonchev–Trinajstić information content (AvgIpc) is 3.22. The number of nitrogens with zero attached hydrogens (tertiary/aromatic N) is 1. The minimum atomic E-state index is -0.872. The number of likely N-dealkylation sites (tertiary alicyclic amines) is 1. The number of carboxylic acid groups (broad SMARTS) is 1. The maximum Gasteiger partial charge on any atom is 0.407 e. The van der Waals surface area contributed by atoms with Crippen molar-refractivity contribution >= 4 is 6.09 Å². The minimum Gasteiger partial charge on any atom is -0.465 e. The SMILES string of the molecule is N[C@H]1[C@H]2CCC[C@H]2N(C(=O)O)[C@H]1COC1CCC(c2cccc(F)c2)CC1. The van der Waals surface area contributed by atoms with Crippen molar-refractivity contribution in [2.75, 3.05) is 6.61 Å². The summed E-state index contributed by atoms with van der Waals surface area (Å²) in [4.78, 5) is 13.3. The predicted octanol–water partition coefficient (Wildman–Crippen LogP) is 3.73. The molecule has 3 fully saturated rings. The van der Waals surface area contributed by atoms with Gasteiger partial charge in [0.2, 0.25) is 0 Å². The van der Waals surface area contributed by atoms with E-state index in [9.17, 15) is 14.3 Å². The molecule has 3 N–H and O–H groups in total. The number of halogens is 1. The maximum atomic E-state index is 13.4. The van der Waals surface area contributed by atoms with Gasteiger partial charge in [0.25, 0.3) is 0 Å². The van der Waals surface area contributed by atoms with Crippen LogP contribution < -0.4 is 5.73 Å². The highest BCUT2D eigenvalue weighted by molar-refractivity contribution is 5.67. The molecule has 2 saturated carbocycles. The van der Waals surface area contributed by atoms with E-state index in [2.05, 4.69) is 0 Å². The molecule has 1 amide bonds. The van der Waals surface area contributed by atoms with Crippen LogP contribution in [0.4, 0.5) is 9.18 Å². The summed E-state index contributed by atoms with van der Waals surface area (Å²) in [5.74, 6) is 0.475. The average molecular weight is 376 g/mol. The molecule has 1 heterocycles. The van der Waals surface area contributed by atoms with Crippen LogP contribution >= 0.6 is 0 Å². The lowest BCUT2D eigenvalue weighted by atomic mass is 9.82. The number of amides is 1. The van der Waals surface area contributed by atoms with Crippen molar-refractivity contribution in [1.29, 1.82) is 0 Å². The topological polar surface area (TPSA) is 75.8 Å². The Morgan fingerprint density at radius 1 is 1.22 bits per heavy atom. The van der Waals surface area contributed by atoms with Gasteiger partial charge in [-0.2, -0.15) is 0 Å². The Bertz CT molecular complexity index is 677. The molecule has 0 unspecified atom stereocenters. The molecule has 27 heavy (non-hydrogen) atoms. The van der Waals surface area contributed by atoms with Crippen molar-refractivity contribution in [1.82, 2.24) is 4.90 Å². The summed E-state index contributed by atoms with van der Waals surface area (Å²) < 4.78 is 19.6. The minimum absolute atomic E-state index is 0.0646. The molecule has 4 rings (SSSR count). The Labute approximate surface area is 159 Å². The van der Waals surface area contributed by atoms with Crippen molar-refractivity contribution in [3.8, 4) is 0 Å². The molecular formula is C21H29FN2O3. The van der Waals surface area contributed by atoms with Crippen molar-refractivity contribution in [2.24, 2.45) is 11.7 Å². The number of nitrogens with two attached hydrogens (primary N) is 1. The van der Waals surface area contributed by atoms with Gasteiger partial charge >= 0.3 is 6.09 Å². The lowest BCUT2D eigenvalue weighted by Gasteiger charge is -2.32. The highest BCUT2D eigenvalue weighted by Gasteiger charge is 2.51. The molecule has 1 aliphatic heterocycles. The summed E-state index contributed by atoms with van der Waals surface area (Å²) in [6, 6.07) is 6.58. The fraction of sp³-hybridized carbons (Fsp3) is 0.667. The summed E-state index contributed by atoms with van der Waals surface area (Å²) in [7, 11) is 0. The van der Waals surface area contributed by atoms with Crippen LogP contribution in [-0.2, 0) is 4.74 Å². The maximum absolute atomic E-state index is 13.4. The van der Waals surface area contributed by atoms with E-state index in [0.717, 1.165) is 50.5 Å². The Hall–Kier alpha value is -1.66. The van der Waals surface area contributed by atoms with Gasteiger partial charge in [0, 0.05) is 12.1 Å². The number of ether oxygens (including phenoxy) is 1. The molecule has 1 aromatic rings. The molecule has 0 aromatic heterocycles. The van der Waals surface area contributed by atoms with Gasteiger partial charge < -0.3 is 15.6 Å². The number of fused-ring (bicyclic) bond motifs is 1. The van der Waals surface area contributed by atoms with Crippen LogP contribution in [0.2, 0.25) is 0 Å². The third-order valence-electron chi connectivity index (χ3n) is 6.90. The number of benzene rings is 1. The van der Waals surface area contributed by atoms with Gasteiger partial charge in [-0.3, -0.25) is 4.90 Å². The van der Waals surface area contributed by atoms with E-state index in [-0.39, 0.29) is 36.0 Å². The molecular weight excluding hydrogens is 347 g/mol. The summed E-state index contributed by atoms with van der Waals surface area (Å²) in [5.41, 5.74) is 7.47. The first-order valence-corrected chi connectivity index (χ1v) is 10.2. The predicted molar refractivity (Wildman–Crippen MR) is 100 cm³/mol. The van der Waals surface area contributed by atoms with E-state index in [1.54, 1.807) is 17.0 Å². The quantitative estimate of drug-likeness (QED) is 0.840. The van der Waals surface area contributed by atoms with Crippen molar-refractivity contribution in [3.05, 3.63) is 35.6 Å². The Kier molecular flexibility index (Phi) is 5.37. The number of hydrogen-bond donors (Lipinski definition) is 2. The summed E-state index contributed by atoms with van der Waals surface area (Å²) in [6.45, 7) is 0.385. The van der Waals surface area contributed by atoms with E-state index in [4.69, 9.17) is 10.5 Å². The molecule has 6 heteroatoms. The van der Waals surface area contributed by atoms with Gasteiger partial charge in [-0.15, -0.1) is 0 Å².